The molecule has 0 spiro atoms. The Balaban J connectivity index is 1.74. The molecule has 6 nitrogen and oxygen atoms in total. The van der Waals surface area contributed by atoms with Crippen molar-refractivity contribution in [3.05, 3.63) is 72.1 Å². The summed E-state index contributed by atoms with van der Waals surface area (Å²) in [6.07, 6.45) is 4.06. The van der Waals surface area contributed by atoms with E-state index in [1.807, 2.05) is 45.2 Å². The van der Waals surface area contributed by atoms with E-state index in [1.54, 1.807) is 0 Å². The van der Waals surface area contributed by atoms with Crippen molar-refractivity contribution in [2.45, 2.75) is 13.8 Å². The van der Waals surface area contributed by atoms with Gasteiger partial charge in [0.2, 0.25) is 11.4 Å². The van der Waals surface area contributed by atoms with Gasteiger partial charge in [-0.2, -0.15) is 0 Å². The van der Waals surface area contributed by atoms with Crippen molar-refractivity contribution in [2.75, 3.05) is 0 Å². The van der Waals surface area contributed by atoms with Crippen molar-refractivity contribution in [1.82, 2.24) is 19.8 Å². The van der Waals surface area contributed by atoms with Gasteiger partial charge in [0.25, 0.3) is 0 Å². The molecule has 4 rings (SSSR count). The molecule has 130 valence electrons. The molecule has 0 radical (unpaired) electrons. The number of benzene rings is 2. The predicted molar refractivity (Wildman–Crippen MR) is 97.9 cm³/mol. The number of hydrogen-bond acceptors (Lipinski definition) is 2. The molecule has 0 saturated heterocycles. The molecule has 0 atom stereocenters. The quantitative estimate of drug-likeness (QED) is 0.533. The summed E-state index contributed by atoms with van der Waals surface area (Å²) in [5, 5.41) is 9.21. The lowest BCUT2D eigenvalue weighted by molar-refractivity contribution is -0.748. The summed E-state index contributed by atoms with van der Waals surface area (Å²) in [5.74, 6) is 0. The highest BCUT2D eigenvalue weighted by molar-refractivity contribution is 5.46. The Morgan fingerprint density at radius 3 is 1.31 bits per heavy atom. The summed E-state index contributed by atoms with van der Waals surface area (Å²) in [4.78, 5) is 0. The first-order chi connectivity index (χ1) is 12.5. The van der Waals surface area contributed by atoms with Crippen molar-refractivity contribution in [3.63, 3.8) is 0 Å². The summed E-state index contributed by atoms with van der Waals surface area (Å²) < 4.78 is 7.52. The van der Waals surface area contributed by atoms with Gasteiger partial charge < -0.3 is 0 Å². The van der Waals surface area contributed by atoms with Crippen LogP contribution in [0.15, 0.2) is 60.9 Å². The van der Waals surface area contributed by atoms with Crippen LogP contribution in [0, 0.1) is 13.8 Å². The molecule has 4 aromatic rings. The van der Waals surface area contributed by atoms with Gasteiger partial charge in [0.1, 0.15) is 14.1 Å². The average molecular weight is 346 g/mol. The lowest BCUT2D eigenvalue weighted by Gasteiger charge is -1.93. The van der Waals surface area contributed by atoms with E-state index in [1.165, 1.54) is 11.1 Å². The zero-order valence-electron chi connectivity index (χ0n) is 15.5. The maximum absolute atomic E-state index is 4.60. The van der Waals surface area contributed by atoms with Gasteiger partial charge in [0.15, 0.2) is 23.8 Å². The van der Waals surface area contributed by atoms with Crippen molar-refractivity contribution < 1.29 is 9.36 Å². The van der Waals surface area contributed by atoms with E-state index < -0.39 is 0 Å². The first kappa shape index (κ1) is 16.2. The molecule has 0 unspecified atom stereocenters. The molecule has 26 heavy (non-hydrogen) atoms. The fourth-order valence-electron chi connectivity index (χ4n) is 2.95. The first-order valence-corrected chi connectivity index (χ1v) is 8.58. The smallest absolute Gasteiger partial charge is 0.128 e. The number of nitrogens with zero attached hydrogens (tertiary/aromatic N) is 6. The lowest BCUT2D eigenvalue weighted by atomic mass is 10.2. The Morgan fingerprint density at radius 2 is 0.962 bits per heavy atom. The van der Waals surface area contributed by atoms with Crippen molar-refractivity contribution in [1.29, 1.82) is 0 Å². The SMILES string of the molecule is Cc1ccc(-n2cc(-c3cn(-c4ccc(C)cc4)n[n+]3C)[n+](C)n2)cc1. The minimum atomic E-state index is 0.992. The number of aromatic nitrogens is 6. The molecule has 0 aliphatic carbocycles. The maximum Gasteiger partial charge on any atom is 0.243 e. The van der Waals surface area contributed by atoms with Gasteiger partial charge in [-0.3, -0.25) is 0 Å². The maximum atomic E-state index is 4.60. The highest BCUT2D eigenvalue weighted by Crippen LogP contribution is 2.15. The number of rotatable bonds is 3. The molecule has 2 aromatic carbocycles. The van der Waals surface area contributed by atoms with Gasteiger partial charge in [-0.1, -0.05) is 35.4 Å². The highest BCUT2D eigenvalue weighted by atomic mass is 15.5. The third-order valence-electron chi connectivity index (χ3n) is 4.51. The molecular weight excluding hydrogens is 324 g/mol. The van der Waals surface area contributed by atoms with Crippen LogP contribution in [0.1, 0.15) is 11.1 Å². The van der Waals surface area contributed by atoms with Gasteiger partial charge in [-0.25, -0.2) is 0 Å². The van der Waals surface area contributed by atoms with Crippen LogP contribution in [0.4, 0.5) is 0 Å². The summed E-state index contributed by atoms with van der Waals surface area (Å²) in [6, 6.07) is 16.6. The Labute approximate surface area is 152 Å². The van der Waals surface area contributed by atoms with E-state index in [9.17, 15) is 0 Å². The fraction of sp³-hybridized carbons (Fsp3) is 0.200. The first-order valence-electron chi connectivity index (χ1n) is 8.58. The molecule has 0 fully saturated rings. The summed E-state index contributed by atoms with van der Waals surface area (Å²) in [6.45, 7) is 4.16. The normalized spacial score (nSPS) is 11.1. The Morgan fingerprint density at radius 1 is 0.615 bits per heavy atom. The summed E-state index contributed by atoms with van der Waals surface area (Å²) >= 11 is 0. The van der Waals surface area contributed by atoms with Crippen molar-refractivity contribution >= 4 is 0 Å². The van der Waals surface area contributed by atoms with E-state index in [2.05, 4.69) is 72.8 Å². The van der Waals surface area contributed by atoms with E-state index in [-0.39, 0.29) is 0 Å². The summed E-state index contributed by atoms with van der Waals surface area (Å²) in [5.41, 5.74) is 6.52. The van der Waals surface area contributed by atoms with Crippen LogP contribution in [0.5, 0.6) is 0 Å². The zero-order valence-corrected chi connectivity index (χ0v) is 15.5. The van der Waals surface area contributed by atoms with E-state index in [4.69, 9.17) is 0 Å². The van der Waals surface area contributed by atoms with Gasteiger partial charge in [0, 0.05) is 0 Å². The molecule has 6 heteroatoms. The Bertz CT molecular complexity index is 967. The molecule has 2 heterocycles. The second-order valence-electron chi connectivity index (χ2n) is 6.62. The minimum Gasteiger partial charge on any atom is -0.128 e. The van der Waals surface area contributed by atoms with Gasteiger partial charge in [-0.05, 0) is 38.1 Å². The molecule has 0 saturated carbocycles. The lowest BCUT2D eigenvalue weighted by Crippen LogP contribution is -2.39. The van der Waals surface area contributed by atoms with Crippen molar-refractivity contribution in [2.24, 2.45) is 14.1 Å². The largest absolute Gasteiger partial charge is 0.243 e. The third kappa shape index (κ3) is 2.90. The van der Waals surface area contributed by atoms with Crippen LogP contribution in [0.3, 0.4) is 0 Å². The molecule has 0 bridgehead atoms. The second kappa shape index (κ2) is 6.22. The van der Waals surface area contributed by atoms with Crippen LogP contribution in [-0.4, -0.2) is 19.8 Å². The van der Waals surface area contributed by atoms with E-state index >= 15 is 0 Å². The molecular formula is C20H22N6+2. The molecule has 2 aromatic heterocycles. The van der Waals surface area contributed by atoms with Gasteiger partial charge in [0.05, 0.1) is 10.4 Å². The van der Waals surface area contributed by atoms with Gasteiger partial charge >= 0.3 is 0 Å². The van der Waals surface area contributed by atoms with Gasteiger partial charge in [-0.15, -0.1) is 18.7 Å². The van der Waals surface area contributed by atoms with Crippen LogP contribution < -0.4 is 9.36 Å². The summed E-state index contributed by atoms with van der Waals surface area (Å²) in [7, 11) is 3.90. The average Bonchev–Trinajstić information content (AvgIpc) is 3.19. The monoisotopic (exact) mass is 346 g/mol. The third-order valence-corrected chi connectivity index (χ3v) is 4.51. The van der Waals surface area contributed by atoms with Crippen LogP contribution in [0.25, 0.3) is 22.8 Å². The fourth-order valence-corrected chi connectivity index (χ4v) is 2.95. The minimum absolute atomic E-state index is 0.992. The highest BCUT2D eigenvalue weighted by Gasteiger charge is 2.25. The predicted octanol–water partition coefficient (Wildman–Crippen LogP) is 1.99. The van der Waals surface area contributed by atoms with Crippen molar-refractivity contribution in [3.8, 4) is 22.8 Å². The number of hydrogen-bond donors (Lipinski definition) is 0. The topological polar surface area (TPSA) is 43.4 Å². The Hall–Kier alpha value is -3.28. The molecule has 0 N–H and O–H groups in total. The van der Waals surface area contributed by atoms with Crippen LogP contribution in [0.2, 0.25) is 0 Å². The van der Waals surface area contributed by atoms with Crippen LogP contribution >= 0.6 is 0 Å². The Kier molecular flexibility index (Phi) is 3.88. The van der Waals surface area contributed by atoms with Crippen LogP contribution in [-0.2, 0) is 14.1 Å². The molecule has 0 amide bonds. The number of aryl methyl sites for hydroxylation is 4. The zero-order chi connectivity index (χ0) is 18.3. The standard InChI is InChI=1S/C20H22N6/c1-15-5-9-17(10-6-15)25-13-19(23(3)21-25)20-14-26(22-24(20)4)18-11-7-16(2)8-12-18/h5-14H,1-4H3/q+2. The molecule has 0 aliphatic heterocycles. The molecule has 0 aliphatic rings. The van der Waals surface area contributed by atoms with E-state index in [0.29, 0.717) is 0 Å². The van der Waals surface area contributed by atoms with E-state index in [0.717, 1.165) is 22.8 Å². The second-order valence-corrected chi connectivity index (χ2v) is 6.62.